The average molecular weight is 211 g/mol. The van der Waals surface area contributed by atoms with Crippen LogP contribution in [0.5, 0.6) is 5.75 Å². The summed E-state index contributed by atoms with van der Waals surface area (Å²) in [6, 6.07) is 3.61. The van der Waals surface area contributed by atoms with Crippen molar-refractivity contribution < 1.29 is 25.2 Å². The van der Waals surface area contributed by atoms with Gasteiger partial charge >= 0.3 is 0 Å². The molecule has 80 valence electrons. The number of aliphatic hydroxyl groups excluding tert-OH is 1. The lowest BCUT2D eigenvalue weighted by Crippen LogP contribution is -2.50. The first-order valence-corrected chi connectivity index (χ1v) is 4.20. The van der Waals surface area contributed by atoms with Crippen LogP contribution in [0.15, 0.2) is 18.2 Å². The number of anilines is 1. The van der Waals surface area contributed by atoms with E-state index in [1.807, 2.05) is 0 Å². The van der Waals surface area contributed by atoms with Crippen molar-refractivity contribution in [2.45, 2.75) is 11.9 Å². The van der Waals surface area contributed by atoms with E-state index in [-0.39, 0.29) is 17.0 Å². The van der Waals surface area contributed by atoms with Gasteiger partial charge in [-0.1, -0.05) is 0 Å². The Morgan fingerprint density at radius 3 is 2.67 bits per heavy atom. The highest BCUT2D eigenvalue weighted by molar-refractivity contribution is 5.98. The molecule has 0 radical (unpaired) electrons. The molecule has 5 N–H and O–H groups in total. The van der Waals surface area contributed by atoms with Crippen molar-refractivity contribution >= 4 is 11.6 Å². The Kier molecular flexibility index (Phi) is 1.93. The van der Waals surface area contributed by atoms with Crippen LogP contribution in [-0.2, 0) is 10.6 Å². The van der Waals surface area contributed by atoms with Crippen LogP contribution in [0.3, 0.4) is 0 Å². The van der Waals surface area contributed by atoms with Crippen molar-refractivity contribution in [3.63, 3.8) is 0 Å². The molecule has 1 atom stereocenters. The Hall–Kier alpha value is -1.63. The topological polar surface area (TPSA) is 110 Å². The van der Waals surface area contributed by atoms with Crippen LogP contribution in [0.1, 0.15) is 5.56 Å². The van der Waals surface area contributed by atoms with E-state index in [0.29, 0.717) is 0 Å². The number of aromatic hydroxyl groups is 1. The van der Waals surface area contributed by atoms with Gasteiger partial charge in [0.2, 0.25) is 5.79 Å². The molecule has 1 heterocycles. The molecule has 0 bridgehead atoms. The second-order valence-electron chi connectivity index (χ2n) is 3.35. The molecule has 0 saturated heterocycles. The number of hydrogen-bond acceptors (Lipinski definition) is 5. The van der Waals surface area contributed by atoms with Gasteiger partial charge in [-0.05, 0) is 12.1 Å². The highest BCUT2D eigenvalue weighted by Gasteiger charge is 2.45. The molecule has 1 aliphatic heterocycles. The van der Waals surface area contributed by atoms with Gasteiger partial charge in [0.1, 0.15) is 5.75 Å². The van der Waals surface area contributed by atoms with Crippen molar-refractivity contribution in [1.82, 2.24) is 0 Å². The molecule has 1 aliphatic rings. The van der Waals surface area contributed by atoms with E-state index in [2.05, 4.69) is 5.32 Å². The quantitative estimate of drug-likeness (QED) is 0.348. The second kappa shape index (κ2) is 2.93. The fourth-order valence-corrected chi connectivity index (χ4v) is 1.49. The Morgan fingerprint density at radius 2 is 2.00 bits per heavy atom. The third-order valence-electron chi connectivity index (χ3n) is 2.29. The van der Waals surface area contributed by atoms with Gasteiger partial charge in [0, 0.05) is 11.6 Å². The monoisotopic (exact) mass is 211 g/mol. The number of fused-ring (bicyclic) bond motifs is 1. The number of nitrogens with one attached hydrogen (secondary N) is 1. The lowest BCUT2D eigenvalue weighted by molar-refractivity contribution is -0.230. The first kappa shape index (κ1) is 9.91. The molecule has 6 heteroatoms. The van der Waals surface area contributed by atoms with Crippen LogP contribution in [-0.4, -0.2) is 32.4 Å². The second-order valence-corrected chi connectivity index (χ2v) is 3.35. The van der Waals surface area contributed by atoms with Gasteiger partial charge in [0.05, 0.1) is 5.69 Å². The summed E-state index contributed by atoms with van der Waals surface area (Å²) in [5, 5.41) is 39.7. The molecule has 1 unspecified atom stereocenters. The molecule has 15 heavy (non-hydrogen) atoms. The first-order valence-electron chi connectivity index (χ1n) is 4.20. The smallest absolute Gasteiger partial charge is 0.259 e. The molecule has 0 aromatic heterocycles. The first-order chi connectivity index (χ1) is 6.93. The number of aliphatic hydroxyl groups is 3. The van der Waals surface area contributed by atoms with Crippen molar-refractivity contribution in [2.24, 2.45) is 0 Å². The summed E-state index contributed by atoms with van der Waals surface area (Å²) in [5.41, 5.74) is 0.00250. The number of amides is 1. The van der Waals surface area contributed by atoms with E-state index in [4.69, 9.17) is 5.11 Å². The number of carbonyl (C=O) groups excluding carboxylic acids is 1. The number of hydrogen-bond donors (Lipinski definition) is 5. The molecular weight excluding hydrogens is 202 g/mol. The molecule has 6 nitrogen and oxygen atoms in total. The van der Waals surface area contributed by atoms with E-state index in [9.17, 15) is 20.1 Å². The summed E-state index contributed by atoms with van der Waals surface area (Å²) >= 11 is 0. The molecule has 0 spiro atoms. The standard InChI is InChI=1S/C9H9NO5/c11-4-1-2-5-6(3-4)10-8(13)7(12)9(5,14)15/h1-3,7,11-12,14-15H,(H,10,13). The minimum atomic E-state index is -2.63. The van der Waals surface area contributed by atoms with Gasteiger partial charge < -0.3 is 25.7 Å². The lowest BCUT2D eigenvalue weighted by atomic mass is 9.94. The average Bonchev–Trinajstić information content (AvgIpc) is 2.14. The van der Waals surface area contributed by atoms with E-state index >= 15 is 0 Å². The largest absolute Gasteiger partial charge is 0.508 e. The number of phenols is 1. The Labute approximate surface area is 84.4 Å². The molecule has 0 saturated carbocycles. The molecule has 0 fully saturated rings. The van der Waals surface area contributed by atoms with E-state index in [1.54, 1.807) is 0 Å². The summed E-state index contributed by atoms with van der Waals surface area (Å²) in [5.74, 6) is -3.69. The Balaban J connectivity index is 2.60. The van der Waals surface area contributed by atoms with Gasteiger partial charge in [0.15, 0.2) is 6.10 Å². The van der Waals surface area contributed by atoms with Gasteiger partial charge in [-0.15, -0.1) is 0 Å². The molecule has 0 aliphatic carbocycles. The van der Waals surface area contributed by atoms with Crippen molar-refractivity contribution in [1.29, 1.82) is 0 Å². The minimum absolute atomic E-state index is 0.0626. The number of phenolic OH excluding ortho intramolecular Hbond substituents is 1. The normalized spacial score (nSPS) is 23.1. The third kappa shape index (κ3) is 1.35. The lowest BCUT2D eigenvalue weighted by Gasteiger charge is -2.33. The summed E-state index contributed by atoms with van der Waals surface area (Å²) in [4.78, 5) is 11.1. The highest BCUT2D eigenvalue weighted by atomic mass is 16.5. The molecule has 2 rings (SSSR count). The van der Waals surface area contributed by atoms with Gasteiger partial charge in [-0.3, -0.25) is 4.79 Å². The zero-order valence-corrected chi connectivity index (χ0v) is 7.51. The van der Waals surface area contributed by atoms with Gasteiger partial charge in [0.25, 0.3) is 5.91 Å². The fourth-order valence-electron chi connectivity index (χ4n) is 1.49. The summed E-state index contributed by atoms with van der Waals surface area (Å²) in [6.45, 7) is 0. The van der Waals surface area contributed by atoms with Crippen molar-refractivity contribution in [2.75, 3.05) is 5.32 Å². The maximum absolute atomic E-state index is 11.1. The predicted octanol–water partition coefficient (Wildman–Crippen LogP) is -1.16. The van der Waals surface area contributed by atoms with Crippen LogP contribution in [0.2, 0.25) is 0 Å². The number of rotatable bonds is 0. The van der Waals surface area contributed by atoms with Crippen molar-refractivity contribution in [3.05, 3.63) is 23.8 Å². The summed E-state index contributed by atoms with van der Waals surface area (Å²) in [7, 11) is 0. The number of benzene rings is 1. The van der Waals surface area contributed by atoms with E-state index in [1.165, 1.54) is 18.2 Å². The van der Waals surface area contributed by atoms with Crippen LogP contribution < -0.4 is 5.32 Å². The number of carbonyl (C=O) groups is 1. The van der Waals surface area contributed by atoms with Gasteiger partial charge in [-0.2, -0.15) is 0 Å². The van der Waals surface area contributed by atoms with E-state index < -0.39 is 17.8 Å². The molecule has 1 amide bonds. The molecular formula is C9H9NO5. The Morgan fingerprint density at radius 1 is 1.33 bits per heavy atom. The summed E-state index contributed by atoms with van der Waals surface area (Å²) in [6.07, 6.45) is -1.95. The maximum Gasteiger partial charge on any atom is 0.259 e. The summed E-state index contributed by atoms with van der Waals surface area (Å²) < 4.78 is 0. The maximum atomic E-state index is 11.1. The molecule has 1 aromatic rings. The van der Waals surface area contributed by atoms with E-state index in [0.717, 1.165) is 0 Å². The fraction of sp³-hybridized carbons (Fsp3) is 0.222. The SMILES string of the molecule is O=C1Nc2cc(O)ccc2C(O)(O)C1O. The third-order valence-corrected chi connectivity index (χ3v) is 2.29. The Bertz CT molecular complexity index is 429. The van der Waals surface area contributed by atoms with Crippen LogP contribution in [0.4, 0.5) is 5.69 Å². The van der Waals surface area contributed by atoms with Gasteiger partial charge in [-0.25, -0.2) is 0 Å². The highest BCUT2D eigenvalue weighted by Crippen LogP contribution is 2.35. The van der Waals surface area contributed by atoms with Crippen molar-refractivity contribution in [3.8, 4) is 5.75 Å². The van der Waals surface area contributed by atoms with Crippen LogP contribution >= 0.6 is 0 Å². The zero-order chi connectivity index (χ0) is 11.2. The zero-order valence-electron chi connectivity index (χ0n) is 7.51. The van der Waals surface area contributed by atoms with Crippen LogP contribution in [0, 0.1) is 0 Å². The molecule has 1 aromatic carbocycles. The van der Waals surface area contributed by atoms with Crippen LogP contribution in [0.25, 0.3) is 0 Å². The predicted molar refractivity (Wildman–Crippen MR) is 48.9 cm³/mol. The minimum Gasteiger partial charge on any atom is -0.508 e.